The lowest BCUT2D eigenvalue weighted by Crippen LogP contribution is -2.15. The second kappa shape index (κ2) is 14.6. The van der Waals surface area contributed by atoms with Crippen LogP contribution in [-0.4, -0.2) is 57.8 Å². The lowest BCUT2D eigenvalue weighted by atomic mass is 10.1. The van der Waals surface area contributed by atoms with E-state index in [2.05, 4.69) is 9.98 Å². The van der Waals surface area contributed by atoms with Crippen molar-refractivity contribution < 1.29 is 19.4 Å². The molecule has 0 bridgehead atoms. The van der Waals surface area contributed by atoms with Gasteiger partial charge in [0, 0.05) is 19.6 Å². The third-order valence-corrected chi connectivity index (χ3v) is 4.91. The molecule has 0 aliphatic heterocycles. The molecule has 0 aromatic carbocycles. The Morgan fingerprint density at radius 1 is 1.04 bits per heavy atom. The van der Waals surface area contributed by atoms with Crippen LogP contribution in [0, 0.1) is 0 Å². The molecule has 0 amide bonds. The van der Waals surface area contributed by atoms with Crippen LogP contribution in [0.3, 0.4) is 0 Å². The lowest BCUT2D eigenvalue weighted by Gasteiger charge is -2.15. The van der Waals surface area contributed by atoms with Crippen LogP contribution in [0.2, 0.25) is 0 Å². The molecular weight excluding hydrogens is 360 g/mol. The molecule has 146 valence electrons. The van der Waals surface area contributed by atoms with E-state index in [0.717, 1.165) is 10.1 Å². The first-order valence-corrected chi connectivity index (χ1v) is 10.4. The number of carboxylic acids is 1. The summed E-state index contributed by atoms with van der Waals surface area (Å²) < 4.78 is 11.0. The number of hydrogen-bond acceptors (Lipinski definition) is 7. The topological polar surface area (TPSA) is 80.5 Å². The Kier molecular flexibility index (Phi) is 14.3. The molecule has 0 aromatic rings. The standard InChI is InChI=1S/C17H32N2O4S2/c1-7-22-14(5)24-12(3)18-11-16(9-10-17(20)21)19-13(4)25-15(6)23-8-2/h14-16H,7-11H2,1-6H3,(H,20,21). The third kappa shape index (κ3) is 14.3. The van der Waals surface area contributed by atoms with Gasteiger partial charge in [-0.05, 0) is 48.0 Å². The van der Waals surface area contributed by atoms with E-state index in [0.29, 0.717) is 26.2 Å². The van der Waals surface area contributed by atoms with E-state index in [1.807, 2.05) is 41.5 Å². The summed E-state index contributed by atoms with van der Waals surface area (Å²) in [5.41, 5.74) is 0.0840. The van der Waals surface area contributed by atoms with Gasteiger partial charge in [0.2, 0.25) is 0 Å². The Bertz CT molecular complexity index is 444. The highest BCUT2D eigenvalue weighted by molar-refractivity contribution is 8.14. The Morgan fingerprint density at radius 2 is 1.56 bits per heavy atom. The Balaban J connectivity index is 4.77. The highest BCUT2D eigenvalue weighted by Crippen LogP contribution is 2.17. The molecule has 6 nitrogen and oxygen atoms in total. The third-order valence-electron chi connectivity index (χ3n) is 3.06. The van der Waals surface area contributed by atoms with Crippen LogP contribution in [0.1, 0.15) is 54.4 Å². The fraction of sp³-hybridized carbons (Fsp3) is 0.824. The summed E-state index contributed by atoms with van der Waals surface area (Å²) >= 11 is 3.11. The van der Waals surface area contributed by atoms with Crippen molar-refractivity contribution in [2.24, 2.45) is 9.98 Å². The highest BCUT2D eigenvalue weighted by atomic mass is 32.2. The summed E-state index contributed by atoms with van der Waals surface area (Å²) in [6.07, 6.45) is 0.558. The number of aliphatic carboxylic acids is 1. The minimum atomic E-state index is -0.812. The molecule has 0 aromatic heterocycles. The van der Waals surface area contributed by atoms with Crippen molar-refractivity contribution >= 4 is 39.6 Å². The summed E-state index contributed by atoms with van der Waals surface area (Å²) in [4.78, 5) is 20.1. The van der Waals surface area contributed by atoms with Gasteiger partial charge in [0.25, 0.3) is 0 Å². The first-order chi connectivity index (χ1) is 11.8. The van der Waals surface area contributed by atoms with E-state index in [-0.39, 0.29) is 23.3 Å². The van der Waals surface area contributed by atoms with Crippen molar-refractivity contribution in [3.8, 4) is 0 Å². The molecule has 8 heteroatoms. The van der Waals surface area contributed by atoms with Gasteiger partial charge in [-0.15, -0.1) is 0 Å². The van der Waals surface area contributed by atoms with Gasteiger partial charge in [0.15, 0.2) is 0 Å². The number of ether oxygens (including phenoxy) is 2. The minimum Gasteiger partial charge on any atom is -0.481 e. The molecule has 25 heavy (non-hydrogen) atoms. The lowest BCUT2D eigenvalue weighted by molar-refractivity contribution is -0.137. The molecule has 0 radical (unpaired) electrons. The van der Waals surface area contributed by atoms with Crippen LogP contribution in [-0.2, 0) is 14.3 Å². The van der Waals surface area contributed by atoms with Gasteiger partial charge >= 0.3 is 5.97 Å². The fourth-order valence-corrected chi connectivity index (χ4v) is 3.79. The number of rotatable bonds is 12. The van der Waals surface area contributed by atoms with Crippen LogP contribution in [0.15, 0.2) is 9.98 Å². The van der Waals surface area contributed by atoms with Crippen molar-refractivity contribution in [1.82, 2.24) is 0 Å². The molecule has 0 rings (SSSR count). The molecule has 0 heterocycles. The SMILES string of the molecule is CCOC(C)SC(C)=NCC(CCC(=O)O)N=C(C)SC(C)OCC. The van der Waals surface area contributed by atoms with Crippen molar-refractivity contribution in [3.05, 3.63) is 0 Å². The van der Waals surface area contributed by atoms with Gasteiger partial charge in [-0.1, -0.05) is 23.5 Å². The predicted octanol–water partition coefficient (Wildman–Crippen LogP) is 4.29. The maximum absolute atomic E-state index is 10.9. The van der Waals surface area contributed by atoms with Crippen molar-refractivity contribution in [3.63, 3.8) is 0 Å². The molecular formula is C17H32N2O4S2. The summed E-state index contributed by atoms with van der Waals surface area (Å²) in [6, 6.07) is -0.143. The van der Waals surface area contributed by atoms with Crippen LogP contribution in [0.4, 0.5) is 0 Å². The van der Waals surface area contributed by atoms with E-state index in [9.17, 15) is 4.79 Å². The van der Waals surface area contributed by atoms with E-state index in [4.69, 9.17) is 14.6 Å². The predicted molar refractivity (Wildman–Crippen MR) is 109 cm³/mol. The van der Waals surface area contributed by atoms with Gasteiger partial charge in [0.1, 0.15) is 10.9 Å². The zero-order valence-electron chi connectivity index (χ0n) is 16.2. The molecule has 0 aliphatic carbocycles. The second-order valence-electron chi connectivity index (χ2n) is 5.38. The maximum Gasteiger partial charge on any atom is 0.303 e. The van der Waals surface area contributed by atoms with Gasteiger partial charge in [0.05, 0.1) is 22.7 Å². The number of nitrogens with zero attached hydrogens (tertiary/aromatic N) is 2. The number of carbonyl (C=O) groups is 1. The molecule has 0 spiro atoms. The highest BCUT2D eigenvalue weighted by Gasteiger charge is 2.12. The monoisotopic (exact) mass is 392 g/mol. The maximum atomic E-state index is 10.9. The van der Waals surface area contributed by atoms with Crippen LogP contribution >= 0.6 is 23.5 Å². The number of thioether (sulfide) groups is 2. The van der Waals surface area contributed by atoms with Gasteiger partial charge < -0.3 is 14.6 Å². The molecule has 0 saturated heterocycles. The Hall–Kier alpha value is -0.570. The Morgan fingerprint density at radius 3 is 2.04 bits per heavy atom. The van der Waals surface area contributed by atoms with Gasteiger partial charge in [-0.25, -0.2) is 0 Å². The van der Waals surface area contributed by atoms with Gasteiger partial charge in [-0.3, -0.25) is 14.8 Å². The minimum absolute atomic E-state index is 0.0294. The summed E-state index contributed by atoms with van der Waals surface area (Å²) in [5, 5.41) is 10.7. The zero-order chi connectivity index (χ0) is 19.2. The van der Waals surface area contributed by atoms with Crippen molar-refractivity contribution in [1.29, 1.82) is 0 Å². The molecule has 0 fully saturated rings. The van der Waals surface area contributed by atoms with Crippen molar-refractivity contribution in [2.45, 2.75) is 71.3 Å². The van der Waals surface area contributed by atoms with E-state index >= 15 is 0 Å². The molecule has 0 saturated carbocycles. The molecule has 3 unspecified atom stereocenters. The first kappa shape index (κ1) is 24.4. The van der Waals surface area contributed by atoms with E-state index in [1.54, 1.807) is 23.5 Å². The zero-order valence-corrected chi connectivity index (χ0v) is 17.8. The molecule has 3 atom stereocenters. The van der Waals surface area contributed by atoms with Crippen LogP contribution in [0.25, 0.3) is 0 Å². The van der Waals surface area contributed by atoms with Crippen LogP contribution < -0.4 is 0 Å². The Labute approximate surface area is 160 Å². The number of carboxylic acid groups (broad SMARTS) is 1. The second-order valence-corrected chi connectivity index (χ2v) is 8.36. The molecule has 1 N–H and O–H groups in total. The van der Waals surface area contributed by atoms with E-state index < -0.39 is 5.97 Å². The fourth-order valence-electron chi connectivity index (χ4n) is 2.06. The summed E-state index contributed by atoms with van der Waals surface area (Å²) in [7, 11) is 0. The number of aliphatic imine (C=N–C) groups is 2. The van der Waals surface area contributed by atoms with Crippen molar-refractivity contribution in [2.75, 3.05) is 19.8 Å². The van der Waals surface area contributed by atoms with Crippen LogP contribution in [0.5, 0.6) is 0 Å². The summed E-state index contributed by atoms with van der Waals surface area (Å²) in [6.45, 7) is 13.6. The molecule has 0 aliphatic rings. The first-order valence-electron chi connectivity index (χ1n) is 8.62. The van der Waals surface area contributed by atoms with Gasteiger partial charge in [-0.2, -0.15) is 0 Å². The normalized spacial score (nSPS) is 16.6. The summed E-state index contributed by atoms with van der Waals surface area (Å²) in [5.74, 6) is -0.812. The number of hydrogen-bond donors (Lipinski definition) is 1. The quantitative estimate of drug-likeness (QED) is 0.303. The largest absolute Gasteiger partial charge is 0.481 e. The smallest absolute Gasteiger partial charge is 0.303 e. The average Bonchev–Trinajstić information content (AvgIpc) is 2.50. The van der Waals surface area contributed by atoms with E-state index in [1.165, 1.54) is 0 Å². The average molecular weight is 393 g/mol.